The van der Waals surface area contributed by atoms with Gasteiger partial charge in [-0.15, -0.1) is 0 Å². The Kier molecular flexibility index (Phi) is 2.34. The van der Waals surface area contributed by atoms with Gasteiger partial charge in [0.05, 0.1) is 5.69 Å². The van der Waals surface area contributed by atoms with Crippen molar-refractivity contribution in [2.45, 2.75) is 33.1 Å². The number of rotatable bonds is 1. The number of hydrogen-bond acceptors (Lipinski definition) is 2. The maximum Gasteiger partial charge on any atom is 0.168 e. The minimum Gasteiger partial charge on any atom is -0.297 e. The fraction of sp³-hybridized carbons (Fsp3) is 0.385. The molecule has 0 amide bonds. The van der Waals surface area contributed by atoms with Gasteiger partial charge in [0.2, 0.25) is 0 Å². The molecule has 3 heteroatoms. The molecular weight excluding hydrogens is 200 g/mol. The molecule has 0 saturated heterocycles. The van der Waals surface area contributed by atoms with Gasteiger partial charge in [-0.1, -0.05) is 26.8 Å². The summed E-state index contributed by atoms with van der Waals surface area (Å²) in [7, 11) is 0. The van der Waals surface area contributed by atoms with Crippen molar-refractivity contribution in [2.24, 2.45) is 0 Å². The minimum absolute atomic E-state index is 0.115. The third kappa shape index (κ3) is 1.62. The van der Waals surface area contributed by atoms with Crippen LogP contribution in [0.4, 0.5) is 0 Å². The number of pyridine rings is 1. The van der Waals surface area contributed by atoms with Gasteiger partial charge in [0.25, 0.3) is 0 Å². The van der Waals surface area contributed by atoms with E-state index in [-0.39, 0.29) is 5.41 Å². The third-order valence-corrected chi connectivity index (χ3v) is 2.63. The highest BCUT2D eigenvalue weighted by Crippen LogP contribution is 2.25. The molecule has 2 rings (SSSR count). The van der Waals surface area contributed by atoms with Crippen LogP contribution >= 0.6 is 0 Å². The molecule has 0 saturated carbocycles. The maximum atomic E-state index is 11.2. The van der Waals surface area contributed by atoms with Crippen molar-refractivity contribution in [3.63, 3.8) is 0 Å². The second kappa shape index (κ2) is 3.44. The molecule has 0 unspecified atom stereocenters. The standard InChI is InChI=1S/C13H16N2O/c1-9-5-6-11-14-12(13(2,3)4)10(8-16)15(11)7-9/h5-8H,1-4H3. The normalized spacial score (nSPS) is 12.0. The molecule has 0 aromatic carbocycles. The lowest BCUT2D eigenvalue weighted by Gasteiger charge is -2.15. The van der Waals surface area contributed by atoms with Crippen molar-refractivity contribution in [1.82, 2.24) is 9.38 Å². The van der Waals surface area contributed by atoms with Crippen LogP contribution in [0.1, 0.15) is 42.5 Å². The Bertz CT molecular complexity index is 547. The highest BCUT2D eigenvalue weighted by Gasteiger charge is 2.23. The number of fused-ring (bicyclic) bond motifs is 1. The van der Waals surface area contributed by atoms with Gasteiger partial charge in [0, 0.05) is 11.6 Å². The maximum absolute atomic E-state index is 11.2. The smallest absolute Gasteiger partial charge is 0.168 e. The quantitative estimate of drug-likeness (QED) is 0.687. The van der Waals surface area contributed by atoms with Gasteiger partial charge in [-0.25, -0.2) is 4.98 Å². The van der Waals surface area contributed by atoms with E-state index in [1.165, 1.54) is 0 Å². The summed E-state index contributed by atoms with van der Waals surface area (Å²) in [5, 5.41) is 0. The fourth-order valence-corrected chi connectivity index (χ4v) is 1.83. The van der Waals surface area contributed by atoms with Gasteiger partial charge in [0.1, 0.15) is 11.3 Å². The van der Waals surface area contributed by atoms with E-state index in [0.717, 1.165) is 23.2 Å². The van der Waals surface area contributed by atoms with Crippen molar-refractivity contribution in [3.05, 3.63) is 35.3 Å². The molecule has 0 fully saturated rings. The van der Waals surface area contributed by atoms with Crippen LogP contribution in [-0.4, -0.2) is 15.7 Å². The Balaban J connectivity index is 2.82. The second-order valence-corrected chi connectivity index (χ2v) is 5.15. The topological polar surface area (TPSA) is 34.4 Å². The van der Waals surface area contributed by atoms with Crippen molar-refractivity contribution < 1.29 is 4.79 Å². The Morgan fingerprint density at radius 2 is 2.00 bits per heavy atom. The van der Waals surface area contributed by atoms with E-state index < -0.39 is 0 Å². The fourth-order valence-electron chi connectivity index (χ4n) is 1.83. The molecule has 84 valence electrons. The molecule has 2 aromatic rings. The summed E-state index contributed by atoms with van der Waals surface area (Å²) in [5.41, 5.74) is 3.35. The molecule has 0 atom stereocenters. The molecule has 0 aliphatic rings. The van der Waals surface area contributed by atoms with Crippen molar-refractivity contribution in [2.75, 3.05) is 0 Å². The number of nitrogens with zero attached hydrogens (tertiary/aromatic N) is 2. The van der Waals surface area contributed by atoms with E-state index in [1.807, 2.05) is 29.7 Å². The van der Waals surface area contributed by atoms with E-state index in [1.54, 1.807) is 0 Å². The van der Waals surface area contributed by atoms with Crippen LogP contribution in [0.25, 0.3) is 5.65 Å². The van der Waals surface area contributed by atoms with Gasteiger partial charge in [0.15, 0.2) is 6.29 Å². The summed E-state index contributed by atoms with van der Waals surface area (Å²) in [6.45, 7) is 8.20. The molecule has 2 aromatic heterocycles. The minimum atomic E-state index is -0.115. The van der Waals surface area contributed by atoms with E-state index in [2.05, 4.69) is 25.8 Å². The number of imidazole rings is 1. The van der Waals surface area contributed by atoms with Crippen LogP contribution in [0.15, 0.2) is 18.3 Å². The lowest BCUT2D eigenvalue weighted by Crippen LogP contribution is -2.14. The molecular formula is C13H16N2O. The number of aldehydes is 1. The first-order valence-electron chi connectivity index (χ1n) is 5.38. The molecule has 0 N–H and O–H groups in total. The van der Waals surface area contributed by atoms with Crippen LogP contribution in [0.2, 0.25) is 0 Å². The van der Waals surface area contributed by atoms with Gasteiger partial charge >= 0.3 is 0 Å². The summed E-state index contributed by atoms with van der Waals surface area (Å²) in [6, 6.07) is 3.95. The number of aryl methyl sites for hydroxylation is 1. The molecule has 0 spiro atoms. The van der Waals surface area contributed by atoms with E-state index >= 15 is 0 Å². The largest absolute Gasteiger partial charge is 0.297 e. The zero-order valence-corrected chi connectivity index (χ0v) is 10.1. The average molecular weight is 216 g/mol. The first-order chi connectivity index (χ1) is 7.43. The summed E-state index contributed by atoms with van der Waals surface area (Å²) >= 11 is 0. The molecule has 0 bridgehead atoms. The lowest BCUT2D eigenvalue weighted by atomic mass is 9.91. The Morgan fingerprint density at radius 1 is 1.31 bits per heavy atom. The predicted octanol–water partition coefficient (Wildman–Crippen LogP) is 2.75. The SMILES string of the molecule is Cc1ccc2nc(C(C)(C)C)c(C=O)n2c1. The Morgan fingerprint density at radius 3 is 2.56 bits per heavy atom. The van der Waals surface area contributed by atoms with Crippen LogP contribution in [0.3, 0.4) is 0 Å². The van der Waals surface area contributed by atoms with Crippen LogP contribution in [0.5, 0.6) is 0 Å². The Labute approximate surface area is 95.1 Å². The average Bonchev–Trinajstić information content (AvgIpc) is 2.54. The van der Waals surface area contributed by atoms with E-state index in [0.29, 0.717) is 5.69 Å². The predicted molar refractivity (Wildman–Crippen MR) is 64.0 cm³/mol. The lowest BCUT2D eigenvalue weighted by molar-refractivity contribution is 0.111. The van der Waals surface area contributed by atoms with Gasteiger partial charge in [-0.05, 0) is 18.6 Å². The van der Waals surface area contributed by atoms with Crippen molar-refractivity contribution in [1.29, 1.82) is 0 Å². The zero-order chi connectivity index (χ0) is 11.9. The number of carbonyl (C=O) groups excluding carboxylic acids is 1. The monoisotopic (exact) mass is 216 g/mol. The number of hydrogen-bond donors (Lipinski definition) is 0. The van der Waals surface area contributed by atoms with E-state index in [9.17, 15) is 4.79 Å². The van der Waals surface area contributed by atoms with Crippen LogP contribution in [0, 0.1) is 6.92 Å². The van der Waals surface area contributed by atoms with Gasteiger partial charge < -0.3 is 0 Å². The summed E-state index contributed by atoms with van der Waals surface area (Å²) in [4.78, 5) is 15.7. The third-order valence-electron chi connectivity index (χ3n) is 2.63. The molecule has 0 aliphatic heterocycles. The molecule has 2 heterocycles. The molecule has 0 aliphatic carbocycles. The summed E-state index contributed by atoms with van der Waals surface area (Å²) in [6.07, 6.45) is 2.83. The zero-order valence-electron chi connectivity index (χ0n) is 10.1. The summed E-state index contributed by atoms with van der Waals surface area (Å²) < 4.78 is 1.86. The first-order valence-corrected chi connectivity index (χ1v) is 5.38. The van der Waals surface area contributed by atoms with Crippen molar-refractivity contribution >= 4 is 11.9 Å². The Hall–Kier alpha value is -1.64. The highest BCUT2D eigenvalue weighted by molar-refractivity contribution is 5.77. The molecule has 16 heavy (non-hydrogen) atoms. The molecule has 0 radical (unpaired) electrons. The van der Waals surface area contributed by atoms with Crippen LogP contribution < -0.4 is 0 Å². The van der Waals surface area contributed by atoms with E-state index in [4.69, 9.17) is 0 Å². The number of carbonyl (C=O) groups is 1. The first kappa shape index (κ1) is 10.9. The summed E-state index contributed by atoms with van der Waals surface area (Å²) in [5.74, 6) is 0. The number of aromatic nitrogens is 2. The van der Waals surface area contributed by atoms with Crippen molar-refractivity contribution in [3.8, 4) is 0 Å². The second-order valence-electron chi connectivity index (χ2n) is 5.15. The highest BCUT2D eigenvalue weighted by atomic mass is 16.1. The van der Waals surface area contributed by atoms with Gasteiger partial charge in [-0.3, -0.25) is 9.20 Å². The van der Waals surface area contributed by atoms with Crippen LogP contribution in [-0.2, 0) is 5.41 Å². The van der Waals surface area contributed by atoms with Gasteiger partial charge in [-0.2, -0.15) is 0 Å². The molecule has 3 nitrogen and oxygen atoms in total.